The Bertz CT molecular complexity index is 473. The van der Waals surface area contributed by atoms with Gasteiger partial charge in [-0.1, -0.05) is 129 Å². The van der Waals surface area contributed by atoms with Crippen LogP contribution < -0.4 is 51.4 Å². The van der Waals surface area contributed by atoms with E-state index in [1.807, 2.05) is 0 Å². The number of rotatable bonds is 23. The Morgan fingerprint density at radius 1 is 0.548 bits per heavy atom. The van der Waals surface area contributed by atoms with E-state index in [-0.39, 0.29) is 64.2 Å². The minimum absolute atomic E-state index is 0. The Morgan fingerprint density at radius 2 is 0.774 bits per heavy atom. The molecule has 0 spiro atoms. The normalized spacial score (nSPS) is 13.7. The van der Waals surface area contributed by atoms with Crippen LogP contribution in [0.3, 0.4) is 0 Å². The van der Waals surface area contributed by atoms with Gasteiger partial charge in [0.2, 0.25) is 0 Å². The van der Waals surface area contributed by atoms with Crippen molar-refractivity contribution in [3.63, 3.8) is 0 Å². The van der Waals surface area contributed by atoms with Crippen molar-refractivity contribution in [2.45, 2.75) is 160 Å². The molecule has 1 atom stereocenters. The molecule has 0 saturated heterocycles. The fraction of sp³-hybridized carbons (Fsp3) is 1.00. The molecule has 0 radical (unpaired) electrons. The van der Waals surface area contributed by atoms with Gasteiger partial charge in [0, 0.05) is 0 Å². The van der Waals surface area contributed by atoms with Crippen LogP contribution in [0.1, 0.15) is 155 Å². The minimum Gasteiger partial charge on any atom is -0.745 e. The molecule has 0 fully saturated rings. The van der Waals surface area contributed by atoms with Crippen molar-refractivity contribution in [2.75, 3.05) is 0 Å². The van der Waals surface area contributed by atoms with Crippen LogP contribution in [0.5, 0.6) is 0 Å². The second-order valence-electron chi connectivity index (χ2n) is 9.20. The first kappa shape index (κ1) is 34.6. The van der Waals surface area contributed by atoms with Gasteiger partial charge in [0.05, 0.1) is 0 Å². The molecule has 0 rings (SSSR count). The van der Waals surface area contributed by atoms with Crippen LogP contribution in [0, 0.1) is 0 Å². The Morgan fingerprint density at radius 3 is 1.00 bits per heavy atom. The summed E-state index contributed by atoms with van der Waals surface area (Å²) < 4.78 is 49.4. The van der Waals surface area contributed by atoms with Crippen molar-refractivity contribution in [1.82, 2.24) is 0 Å². The van der Waals surface area contributed by atoms with Crippen molar-refractivity contribution in [2.24, 2.45) is 0 Å². The smallest absolute Gasteiger partial charge is 0.745 e. The molecule has 0 aliphatic rings. The van der Waals surface area contributed by atoms with Crippen molar-refractivity contribution >= 4 is 10.1 Å². The molecule has 0 aliphatic heterocycles. The average molecular weight is 489 g/mol. The zero-order valence-corrected chi connectivity index (χ0v) is 25.0. The standard InChI is InChI=1S/C25H51FO3S.K/c1-3-5-7-9-11-13-14-16-18-20-22-24-25(26,30(27,28)29)23-21-19-17-15-12-10-8-6-4-2;/h3-24H2,1-2H3,(H,27,28,29);/q;+1/p-1. The maximum absolute atomic E-state index is 14.9. The molecule has 0 aromatic rings. The summed E-state index contributed by atoms with van der Waals surface area (Å²) in [5.74, 6) is 0. The first-order valence-corrected chi connectivity index (χ1v) is 14.4. The quantitative estimate of drug-likeness (QED) is 0.103. The van der Waals surface area contributed by atoms with Crippen LogP contribution in [0.2, 0.25) is 0 Å². The van der Waals surface area contributed by atoms with Gasteiger partial charge in [-0.3, -0.25) is 0 Å². The fourth-order valence-electron chi connectivity index (χ4n) is 4.13. The average Bonchev–Trinajstić information content (AvgIpc) is 2.70. The predicted molar refractivity (Wildman–Crippen MR) is 126 cm³/mol. The number of halogens is 1. The van der Waals surface area contributed by atoms with Crippen LogP contribution in [-0.4, -0.2) is 18.0 Å². The third-order valence-corrected chi connectivity index (χ3v) is 7.56. The Labute approximate surface area is 236 Å². The van der Waals surface area contributed by atoms with E-state index in [0.717, 1.165) is 38.5 Å². The third-order valence-electron chi connectivity index (χ3n) is 6.26. The molecule has 0 N–H and O–H groups in total. The van der Waals surface area contributed by atoms with E-state index in [0.29, 0.717) is 12.8 Å². The number of hydrogen-bond acceptors (Lipinski definition) is 3. The maximum Gasteiger partial charge on any atom is 1.00 e. The molecule has 6 heteroatoms. The molecule has 0 amide bonds. The van der Waals surface area contributed by atoms with E-state index in [2.05, 4.69) is 13.8 Å². The molecule has 3 nitrogen and oxygen atoms in total. The van der Waals surface area contributed by atoms with Gasteiger partial charge < -0.3 is 4.55 Å². The summed E-state index contributed by atoms with van der Waals surface area (Å²) in [5.41, 5.74) is 0. The number of alkyl halides is 1. The first-order valence-electron chi connectivity index (χ1n) is 13.0. The second kappa shape index (κ2) is 23.2. The van der Waals surface area contributed by atoms with Crippen molar-refractivity contribution in [1.29, 1.82) is 0 Å². The van der Waals surface area contributed by atoms with Gasteiger partial charge in [0.1, 0.15) is 10.1 Å². The zero-order valence-electron chi connectivity index (χ0n) is 21.1. The Kier molecular flexibility index (Phi) is 26.0. The summed E-state index contributed by atoms with van der Waals surface area (Å²) in [7, 11) is -4.90. The van der Waals surface area contributed by atoms with Gasteiger partial charge in [-0.25, -0.2) is 12.8 Å². The van der Waals surface area contributed by atoms with E-state index < -0.39 is 15.1 Å². The van der Waals surface area contributed by atoms with E-state index in [4.69, 9.17) is 0 Å². The molecule has 0 saturated carbocycles. The van der Waals surface area contributed by atoms with Crippen LogP contribution >= 0.6 is 0 Å². The van der Waals surface area contributed by atoms with E-state index in [9.17, 15) is 17.4 Å². The van der Waals surface area contributed by atoms with Crippen LogP contribution in [-0.2, 0) is 10.1 Å². The van der Waals surface area contributed by atoms with Crippen molar-refractivity contribution in [3.05, 3.63) is 0 Å². The number of unbranched alkanes of at least 4 members (excludes halogenated alkanes) is 18. The third kappa shape index (κ3) is 20.6. The van der Waals surface area contributed by atoms with Gasteiger partial charge in [-0.05, 0) is 25.7 Å². The molecule has 0 heterocycles. The fourth-order valence-corrected chi connectivity index (χ4v) is 4.92. The summed E-state index contributed by atoms with van der Waals surface area (Å²) in [5, 5.41) is -2.56. The SMILES string of the molecule is CCCCCCCCCCCCCC(F)(CCCCCCCCCCC)S(=O)(=O)[O-].[K+]. The zero-order chi connectivity index (χ0) is 22.6. The summed E-state index contributed by atoms with van der Waals surface area (Å²) in [6.07, 6.45) is 21.8. The summed E-state index contributed by atoms with van der Waals surface area (Å²) in [6, 6.07) is 0. The summed E-state index contributed by atoms with van der Waals surface area (Å²) in [4.78, 5) is 0. The molecule has 31 heavy (non-hydrogen) atoms. The molecular weight excluding hydrogens is 438 g/mol. The van der Waals surface area contributed by atoms with Gasteiger partial charge >= 0.3 is 51.4 Å². The molecule has 0 aliphatic carbocycles. The summed E-state index contributed by atoms with van der Waals surface area (Å²) in [6.45, 7) is 4.42. The monoisotopic (exact) mass is 488 g/mol. The molecule has 0 aromatic heterocycles. The van der Waals surface area contributed by atoms with Crippen LogP contribution in [0.25, 0.3) is 0 Å². The van der Waals surface area contributed by atoms with E-state index >= 15 is 0 Å². The minimum atomic E-state index is -4.90. The maximum atomic E-state index is 14.9. The first-order chi connectivity index (χ1) is 14.4. The Hall–Kier alpha value is 1.48. The molecular formula is C25H50FKO3S. The predicted octanol–water partition coefficient (Wildman–Crippen LogP) is 5.82. The van der Waals surface area contributed by atoms with Crippen molar-refractivity contribution < 1.29 is 68.7 Å². The van der Waals surface area contributed by atoms with Crippen LogP contribution in [0.15, 0.2) is 0 Å². The number of hydrogen-bond donors (Lipinski definition) is 0. The van der Waals surface area contributed by atoms with Gasteiger partial charge in [-0.15, -0.1) is 0 Å². The summed E-state index contributed by atoms with van der Waals surface area (Å²) >= 11 is 0. The van der Waals surface area contributed by atoms with Crippen LogP contribution in [0.4, 0.5) is 4.39 Å². The van der Waals surface area contributed by atoms with Gasteiger partial charge in [0.25, 0.3) is 0 Å². The van der Waals surface area contributed by atoms with Gasteiger partial charge in [0.15, 0.2) is 5.00 Å². The Balaban J connectivity index is 0. The van der Waals surface area contributed by atoms with Gasteiger partial charge in [-0.2, -0.15) is 0 Å². The second-order valence-corrected chi connectivity index (χ2v) is 10.8. The molecule has 182 valence electrons. The van der Waals surface area contributed by atoms with E-state index in [1.165, 1.54) is 77.0 Å². The van der Waals surface area contributed by atoms with E-state index in [1.54, 1.807) is 0 Å². The topological polar surface area (TPSA) is 57.2 Å². The molecule has 0 aromatic carbocycles. The molecule has 0 bridgehead atoms. The molecule has 1 unspecified atom stereocenters. The largest absolute Gasteiger partial charge is 1.00 e. The van der Waals surface area contributed by atoms with Crippen molar-refractivity contribution in [3.8, 4) is 0 Å².